The number of phenolic OH excluding ortho intramolecular Hbond substituents is 1. The van der Waals surface area contributed by atoms with E-state index in [1.54, 1.807) is 18.2 Å². The first-order valence-corrected chi connectivity index (χ1v) is 9.50. The predicted molar refractivity (Wildman–Crippen MR) is 97.6 cm³/mol. The first-order chi connectivity index (χ1) is 11.4. The zero-order valence-electron chi connectivity index (χ0n) is 14.6. The topological polar surface area (TPSA) is 55.8 Å². The van der Waals surface area contributed by atoms with Crippen LogP contribution in [-0.4, -0.2) is 10.4 Å². The molecule has 2 aromatic rings. The molecule has 0 amide bonds. The van der Waals surface area contributed by atoms with Crippen molar-refractivity contribution in [2.24, 2.45) is 0 Å². The van der Waals surface area contributed by atoms with Crippen molar-refractivity contribution >= 4 is 8.03 Å². The molecule has 0 aliphatic rings. The van der Waals surface area contributed by atoms with Crippen LogP contribution < -0.4 is 9.26 Å². The van der Waals surface area contributed by atoms with E-state index in [1.165, 1.54) is 6.07 Å². The van der Waals surface area contributed by atoms with Crippen LogP contribution in [0.5, 0.6) is 17.2 Å². The summed E-state index contributed by atoms with van der Waals surface area (Å²) in [5.41, 5.74) is 2.02. The van der Waals surface area contributed by atoms with E-state index in [2.05, 4.69) is 0 Å². The van der Waals surface area contributed by atoms with Gasteiger partial charge in [0.2, 0.25) is 0 Å². The Balaban J connectivity index is 2.31. The molecule has 130 valence electrons. The number of aryl methyl sites for hydroxylation is 2. The standard InChI is InChI=1S/C19H25O4P/c1-5-19(6-2,22-18-14(3)9-7-10-15(18)4)24(21)23-17-12-8-11-16(20)13-17/h7-13,20,24H,5-6H2,1-4H3. The summed E-state index contributed by atoms with van der Waals surface area (Å²) in [7, 11) is -2.57. The fraction of sp³-hybridized carbons (Fsp3) is 0.368. The van der Waals surface area contributed by atoms with Crippen LogP contribution in [0.1, 0.15) is 37.8 Å². The molecule has 4 nitrogen and oxygen atoms in total. The third-order valence-electron chi connectivity index (χ3n) is 4.25. The second-order valence-electron chi connectivity index (χ2n) is 5.91. The van der Waals surface area contributed by atoms with E-state index in [4.69, 9.17) is 9.26 Å². The van der Waals surface area contributed by atoms with Crippen LogP contribution in [0, 0.1) is 13.8 Å². The molecule has 0 saturated heterocycles. The van der Waals surface area contributed by atoms with Gasteiger partial charge in [-0.25, -0.2) is 0 Å². The molecule has 2 rings (SSSR count). The Morgan fingerprint density at radius 1 is 1.04 bits per heavy atom. The number of ether oxygens (including phenoxy) is 1. The molecule has 0 aromatic heterocycles. The van der Waals surface area contributed by atoms with Crippen molar-refractivity contribution in [3.05, 3.63) is 53.6 Å². The molecular weight excluding hydrogens is 323 g/mol. The highest BCUT2D eigenvalue weighted by atomic mass is 31.1. The maximum atomic E-state index is 13.0. The molecule has 0 heterocycles. The van der Waals surface area contributed by atoms with Gasteiger partial charge in [-0.05, 0) is 49.9 Å². The minimum absolute atomic E-state index is 0.0802. The summed E-state index contributed by atoms with van der Waals surface area (Å²) in [5, 5.41) is 8.67. The zero-order valence-corrected chi connectivity index (χ0v) is 15.6. The average molecular weight is 348 g/mol. The minimum Gasteiger partial charge on any atom is -0.508 e. The quantitative estimate of drug-likeness (QED) is 0.675. The van der Waals surface area contributed by atoms with Crippen LogP contribution >= 0.6 is 8.03 Å². The van der Waals surface area contributed by atoms with Gasteiger partial charge >= 0.3 is 0 Å². The van der Waals surface area contributed by atoms with Crippen molar-refractivity contribution in [2.45, 2.75) is 45.9 Å². The molecular formula is C19H25O4P. The van der Waals surface area contributed by atoms with Gasteiger partial charge in [-0.2, -0.15) is 0 Å². The van der Waals surface area contributed by atoms with E-state index in [-0.39, 0.29) is 5.75 Å². The van der Waals surface area contributed by atoms with Gasteiger partial charge in [-0.3, -0.25) is 4.57 Å². The average Bonchev–Trinajstić information content (AvgIpc) is 2.55. The van der Waals surface area contributed by atoms with E-state index in [0.717, 1.165) is 16.9 Å². The van der Waals surface area contributed by atoms with Crippen molar-refractivity contribution < 1.29 is 18.9 Å². The van der Waals surface area contributed by atoms with Crippen LogP contribution in [0.3, 0.4) is 0 Å². The number of phenols is 1. The SMILES string of the molecule is CCC(CC)(Oc1c(C)cccc1C)[PH](=O)Oc1cccc(O)c1. The van der Waals surface area contributed by atoms with Crippen molar-refractivity contribution in [1.29, 1.82) is 0 Å². The van der Waals surface area contributed by atoms with Gasteiger partial charge in [-0.15, -0.1) is 0 Å². The molecule has 1 N–H and O–H groups in total. The summed E-state index contributed by atoms with van der Waals surface area (Å²) < 4.78 is 24.9. The van der Waals surface area contributed by atoms with E-state index in [1.807, 2.05) is 45.9 Å². The highest BCUT2D eigenvalue weighted by Crippen LogP contribution is 2.48. The van der Waals surface area contributed by atoms with Crippen LogP contribution in [0.25, 0.3) is 0 Å². The molecule has 2 aromatic carbocycles. The second kappa shape index (κ2) is 7.76. The fourth-order valence-electron chi connectivity index (χ4n) is 2.63. The summed E-state index contributed by atoms with van der Waals surface area (Å²) in [5.74, 6) is 1.23. The maximum Gasteiger partial charge on any atom is 0.278 e. The van der Waals surface area contributed by atoms with Crippen LogP contribution in [0.2, 0.25) is 0 Å². The zero-order chi connectivity index (χ0) is 17.7. The van der Waals surface area contributed by atoms with E-state index in [0.29, 0.717) is 18.6 Å². The predicted octanol–water partition coefficient (Wildman–Crippen LogP) is 5.46. The van der Waals surface area contributed by atoms with Gasteiger partial charge in [0.1, 0.15) is 17.2 Å². The van der Waals surface area contributed by atoms with Gasteiger partial charge in [0, 0.05) is 6.07 Å². The van der Waals surface area contributed by atoms with Crippen molar-refractivity contribution in [3.63, 3.8) is 0 Å². The molecule has 0 bridgehead atoms. The molecule has 24 heavy (non-hydrogen) atoms. The number of aromatic hydroxyl groups is 1. The summed E-state index contributed by atoms with van der Waals surface area (Å²) in [6.45, 7) is 7.86. The van der Waals surface area contributed by atoms with Gasteiger partial charge in [0.05, 0.1) is 0 Å². The fourth-order valence-corrected chi connectivity index (χ4v) is 3.92. The van der Waals surface area contributed by atoms with Gasteiger partial charge < -0.3 is 14.4 Å². The van der Waals surface area contributed by atoms with Crippen LogP contribution in [0.15, 0.2) is 42.5 Å². The highest BCUT2D eigenvalue weighted by molar-refractivity contribution is 7.41. The van der Waals surface area contributed by atoms with Gasteiger partial charge in [0.15, 0.2) is 5.34 Å². The number of hydrogen-bond acceptors (Lipinski definition) is 4. The number of para-hydroxylation sites is 1. The smallest absolute Gasteiger partial charge is 0.278 e. The number of rotatable bonds is 7. The normalized spacial score (nSPS) is 12.7. The summed E-state index contributed by atoms with van der Waals surface area (Å²) in [4.78, 5) is 0. The Morgan fingerprint density at radius 2 is 1.62 bits per heavy atom. The van der Waals surface area contributed by atoms with Gasteiger partial charge in [0.25, 0.3) is 8.03 Å². The third kappa shape index (κ3) is 3.93. The van der Waals surface area contributed by atoms with Crippen LogP contribution in [0.4, 0.5) is 0 Å². The molecule has 5 heteroatoms. The second-order valence-corrected chi connectivity index (χ2v) is 7.60. The lowest BCUT2D eigenvalue weighted by molar-refractivity contribution is 0.133. The molecule has 1 unspecified atom stereocenters. The Kier molecular flexibility index (Phi) is 5.95. The molecule has 0 spiro atoms. The molecule has 0 saturated carbocycles. The van der Waals surface area contributed by atoms with Crippen LogP contribution in [-0.2, 0) is 4.57 Å². The number of benzene rings is 2. The molecule has 0 aliphatic carbocycles. The van der Waals surface area contributed by atoms with Crippen molar-refractivity contribution in [1.82, 2.24) is 0 Å². The Labute approximate surface area is 144 Å². The molecule has 1 atom stereocenters. The Hall–Kier alpha value is -1.93. The largest absolute Gasteiger partial charge is 0.508 e. The van der Waals surface area contributed by atoms with Gasteiger partial charge in [-0.1, -0.05) is 38.1 Å². The van der Waals surface area contributed by atoms with E-state index in [9.17, 15) is 9.67 Å². The Morgan fingerprint density at radius 3 is 2.17 bits per heavy atom. The lowest BCUT2D eigenvalue weighted by Gasteiger charge is -2.33. The maximum absolute atomic E-state index is 13.0. The minimum atomic E-state index is -2.57. The summed E-state index contributed by atoms with van der Waals surface area (Å²) >= 11 is 0. The van der Waals surface area contributed by atoms with E-state index < -0.39 is 13.4 Å². The lowest BCUT2D eigenvalue weighted by Crippen LogP contribution is -2.32. The lowest BCUT2D eigenvalue weighted by atomic mass is 10.1. The van der Waals surface area contributed by atoms with E-state index >= 15 is 0 Å². The Bertz CT molecular complexity index is 703. The summed E-state index contributed by atoms with van der Waals surface area (Å²) in [6.07, 6.45) is 1.13. The first kappa shape index (κ1) is 18.4. The first-order valence-electron chi connectivity index (χ1n) is 8.18. The number of hydrogen-bond donors (Lipinski definition) is 1. The molecule has 0 aliphatic heterocycles. The van der Waals surface area contributed by atoms with Crippen molar-refractivity contribution in [3.8, 4) is 17.2 Å². The monoisotopic (exact) mass is 348 g/mol. The molecule has 0 fully saturated rings. The van der Waals surface area contributed by atoms with Crippen molar-refractivity contribution in [2.75, 3.05) is 0 Å². The highest BCUT2D eigenvalue weighted by Gasteiger charge is 2.38. The third-order valence-corrected chi connectivity index (χ3v) is 6.22. The molecule has 0 radical (unpaired) electrons. The summed E-state index contributed by atoms with van der Waals surface area (Å²) in [6, 6.07) is 12.3.